The fourth-order valence-corrected chi connectivity index (χ4v) is 5.04. The Hall–Kier alpha value is -3.45. The minimum atomic E-state index is -1.15. The summed E-state index contributed by atoms with van der Waals surface area (Å²) in [7, 11) is 0. The van der Waals surface area contributed by atoms with E-state index < -0.39 is 17.7 Å². The van der Waals surface area contributed by atoms with Crippen LogP contribution in [-0.4, -0.2) is 46.3 Å². The molecular weight excluding hydrogens is 502 g/mol. The van der Waals surface area contributed by atoms with Crippen LogP contribution in [0.4, 0.5) is 5.69 Å². The predicted octanol–water partition coefficient (Wildman–Crippen LogP) is 6.95. The van der Waals surface area contributed by atoms with E-state index in [1.54, 1.807) is 6.20 Å². The number of anilines is 1. The van der Waals surface area contributed by atoms with Crippen LogP contribution in [0, 0.1) is 19.3 Å². The number of carboxylic acid groups (broad SMARTS) is 1. The zero-order chi connectivity index (χ0) is 29.1. The van der Waals surface area contributed by atoms with Gasteiger partial charge in [0.2, 0.25) is 0 Å². The maximum atomic E-state index is 12.6. The van der Waals surface area contributed by atoms with E-state index in [1.807, 2.05) is 46.0 Å². The van der Waals surface area contributed by atoms with Crippen molar-refractivity contribution in [3.05, 3.63) is 71.2 Å². The largest absolute Gasteiger partial charge is 0.492 e. The molecule has 4 rings (SSSR count). The molecule has 7 nitrogen and oxygen atoms in total. The van der Waals surface area contributed by atoms with Gasteiger partial charge in [0, 0.05) is 42.5 Å². The van der Waals surface area contributed by atoms with Crippen molar-refractivity contribution in [2.45, 2.75) is 79.4 Å². The monoisotopic (exact) mass is 545 g/mol. The van der Waals surface area contributed by atoms with Gasteiger partial charge in [0.05, 0.1) is 29.8 Å². The first-order chi connectivity index (χ1) is 18.8. The number of aliphatic carboxylic acids is 1. The summed E-state index contributed by atoms with van der Waals surface area (Å²) in [5.74, 6) is -0.335. The van der Waals surface area contributed by atoms with Crippen molar-refractivity contribution in [2.24, 2.45) is 5.41 Å². The van der Waals surface area contributed by atoms with E-state index in [1.165, 1.54) is 11.1 Å². The Kier molecular flexibility index (Phi) is 8.83. The summed E-state index contributed by atoms with van der Waals surface area (Å²) in [5.41, 5.74) is 5.68. The average Bonchev–Trinajstić information content (AvgIpc) is 2.88. The molecule has 0 radical (unpaired) electrons. The summed E-state index contributed by atoms with van der Waals surface area (Å²) in [5, 5.41) is 10.3. The molecule has 40 heavy (non-hydrogen) atoms. The Labute approximate surface area is 238 Å². The van der Waals surface area contributed by atoms with Gasteiger partial charge >= 0.3 is 5.97 Å². The smallest absolute Gasteiger partial charge is 0.337 e. The van der Waals surface area contributed by atoms with Crippen LogP contribution >= 0.6 is 0 Å². The second kappa shape index (κ2) is 12.0. The number of nitrogens with zero attached hydrogens (tertiary/aromatic N) is 3. The maximum Gasteiger partial charge on any atom is 0.337 e. The lowest BCUT2D eigenvalue weighted by molar-refractivity contribution is -0.160. The molecule has 1 aliphatic heterocycles. The average molecular weight is 546 g/mol. The lowest BCUT2D eigenvalue weighted by Crippen LogP contribution is -2.39. The zero-order valence-electron chi connectivity index (χ0n) is 25.0. The first kappa shape index (κ1) is 29.5. The molecule has 0 amide bonds. The van der Waals surface area contributed by atoms with Gasteiger partial charge in [-0.05, 0) is 70.6 Å². The molecule has 3 aromatic rings. The quantitative estimate of drug-likeness (QED) is 0.311. The fourth-order valence-electron chi connectivity index (χ4n) is 5.04. The Morgan fingerprint density at radius 1 is 1.02 bits per heavy atom. The molecule has 1 N–H and O–H groups in total. The molecule has 0 bridgehead atoms. The van der Waals surface area contributed by atoms with Crippen molar-refractivity contribution >= 4 is 11.7 Å². The number of rotatable bonds is 9. The minimum absolute atomic E-state index is 0.239. The van der Waals surface area contributed by atoms with Crippen LogP contribution in [-0.2, 0) is 16.0 Å². The van der Waals surface area contributed by atoms with Crippen molar-refractivity contribution < 1.29 is 19.4 Å². The van der Waals surface area contributed by atoms with Gasteiger partial charge < -0.3 is 19.5 Å². The van der Waals surface area contributed by atoms with Crippen LogP contribution in [0.3, 0.4) is 0 Å². The third kappa shape index (κ3) is 7.39. The van der Waals surface area contributed by atoms with Crippen molar-refractivity contribution in [1.82, 2.24) is 9.97 Å². The number of ether oxygens (including phenoxy) is 2. The van der Waals surface area contributed by atoms with Gasteiger partial charge in [-0.25, -0.2) is 4.79 Å². The van der Waals surface area contributed by atoms with Crippen molar-refractivity contribution in [1.29, 1.82) is 0 Å². The SMILES string of the molecule is Cc1ccc(CCOc2ccc(-c3cnc(C)c([C@H](OC(C)(C)C)C(=O)O)c3N3CCC(C)(C)CC3)nc2)cc1. The van der Waals surface area contributed by atoms with Gasteiger partial charge in [0.25, 0.3) is 0 Å². The molecule has 1 atom stereocenters. The summed E-state index contributed by atoms with van der Waals surface area (Å²) in [4.78, 5) is 24.3. The van der Waals surface area contributed by atoms with Crippen LogP contribution in [0.5, 0.6) is 5.75 Å². The number of aryl methyl sites for hydroxylation is 2. The van der Waals surface area contributed by atoms with E-state index in [-0.39, 0.29) is 5.41 Å². The van der Waals surface area contributed by atoms with E-state index >= 15 is 0 Å². The van der Waals surface area contributed by atoms with Gasteiger partial charge in [0.15, 0.2) is 6.10 Å². The highest BCUT2D eigenvalue weighted by Gasteiger charge is 2.36. The number of hydrogen-bond donors (Lipinski definition) is 1. The number of pyridine rings is 2. The van der Waals surface area contributed by atoms with Crippen LogP contribution in [0.1, 0.15) is 75.9 Å². The van der Waals surface area contributed by atoms with E-state index in [0.29, 0.717) is 23.6 Å². The van der Waals surface area contributed by atoms with Crippen LogP contribution in [0.2, 0.25) is 0 Å². The minimum Gasteiger partial charge on any atom is -0.492 e. The molecule has 7 heteroatoms. The van der Waals surface area contributed by atoms with Crippen LogP contribution < -0.4 is 9.64 Å². The number of benzene rings is 1. The van der Waals surface area contributed by atoms with E-state index in [9.17, 15) is 9.90 Å². The van der Waals surface area contributed by atoms with Crippen molar-refractivity contribution in [2.75, 3.05) is 24.6 Å². The van der Waals surface area contributed by atoms with E-state index in [4.69, 9.17) is 14.5 Å². The van der Waals surface area contributed by atoms with E-state index in [2.05, 4.69) is 54.9 Å². The third-order valence-electron chi connectivity index (χ3n) is 7.47. The predicted molar refractivity (Wildman–Crippen MR) is 159 cm³/mol. The Morgan fingerprint density at radius 2 is 1.70 bits per heavy atom. The molecule has 1 aromatic carbocycles. The molecule has 214 valence electrons. The molecule has 1 saturated heterocycles. The third-order valence-corrected chi connectivity index (χ3v) is 7.47. The van der Waals surface area contributed by atoms with Crippen molar-refractivity contribution in [3.8, 4) is 17.0 Å². The molecule has 1 fully saturated rings. The Bertz CT molecular complexity index is 1300. The fraction of sp³-hybridized carbons (Fsp3) is 0.485. The molecule has 0 aliphatic carbocycles. The highest BCUT2D eigenvalue weighted by molar-refractivity contribution is 5.85. The van der Waals surface area contributed by atoms with Gasteiger partial charge in [-0.15, -0.1) is 0 Å². The second-order valence-electron chi connectivity index (χ2n) is 12.6. The Balaban J connectivity index is 1.67. The first-order valence-corrected chi connectivity index (χ1v) is 14.1. The zero-order valence-corrected chi connectivity index (χ0v) is 25.0. The van der Waals surface area contributed by atoms with Crippen LogP contribution in [0.25, 0.3) is 11.3 Å². The highest BCUT2D eigenvalue weighted by Crippen LogP contribution is 2.43. The summed E-state index contributed by atoms with van der Waals surface area (Å²) in [6, 6.07) is 12.3. The highest BCUT2D eigenvalue weighted by atomic mass is 16.5. The summed E-state index contributed by atoms with van der Waals surface area (Å²) in [6.07, 6.45) is 5.21. The second-order valence-corrected chi connectivity index (χ2v) is 12.6. The normalized spacial score (nSPS) is 16.0. The van der Waals surface area contributed by atoms with E-state index in [0.717, 1.165) is 49.3 Å². The lowest BCUT2D eigenvalue weighted by Gasteiger charge is -2.40. The molecule has 2 aromatic heterocycles. The van der Waals surface area contributed by atoms with Gasteiger partial charge in [0.1, 0.15) is 5.75 Å². The standard InChI is InChI=1S/C33H43N3O4/c1-22-8-10-24(11-9-22)14-19-39-25-12-13-27(35-20-25)26-21-34-23(2)28(30(31(37)38)40-32(3,4)5)29(26)36-17-15-33(6,7)16-18-36/h8-13,20-21,30H,14-19H2,1-7H3,(H,37,38)/t30-/m0/s1. The van der Waals surface area contributed by atoms with Gasteiger partial charge in [-0.3, -0.25) is 9.97 Å². The molecule has 0 spiro atoms. The topological polar surface area (TPSA) is 84.8 Å². The molecule has 1 aliphatic rings. The molecule has 0 saturated carbocycles. The van der Waals surface area contributed by atoms with Crippen LogP contribution in [0.15, 0.2) is 48.8 Å². The van der Waals surface area contributed by atoms with Crippen molar-refractivity contribution in [3.63, 3.8) is 0 Å². The summed E-state index contributed by atoms with van der Waals surface area (Å²) >= 11 is 0. The van der Waals surface area contributed by atoms with Gasteiger partial charge in [-0.1, -0.05) is 43.7 Å². The molecular formula is C33H43N3O4. The number of aromatic nitrogens is 2. The number of carboxylic acids is 1. The first-order valence-electron chi connectivity index (χ1n) is 14.1. The number of piperidine rings is 1. The molecule has 0 unspecified atom stereocenters. The van der Waals surface area contributed by atoms with Gasteiger partial charge in [-0.2, -0.15) is 0 Å². The number of carbonyl (C=O) groups is 1. The maximum absolute atomic E-state index is 12.6. The summed E-state index contributed by atoms with van der Waals surface area (Å²) < 4.78 is 12.1. The summed E-state index contributed by atoms with van der Waals surface area (Å²) in [6.45, 7) is 16.3. The Morgan fingerprint density at radius 3 is 2.27 bits per heavy atom. The number of hydrogen-bond acceptors (Lipinski definition) is 6. The molecule has 3 heterocycles. The lowest BCUT2D eigenvalue weighted by atomic mass is 9.82.